The van der Waals surface area contributed by atoms with Gasteiger partial charge in [0.1, 0.15) is 11.9 Å². The Morgan fingerprint density at radius 2 is 2.20 bits per heavy atom. The molecule has 1 saturated heterocycles. The molecular weight excluding hydrogens is 252 g/mol. The first-order chi connectivity index (χ1) is 9.61. The molecule has 1 aliphatic heterocycles. The van der Waals surface area contributed by atoms with Gasteiger partial charge in [-0.25, -0.2) is 9.79 Å². The van der Waals surface area contributed by atoms with Crippen molar-refractivity contribution in [2.24, 2.45) is 16.6 Å². The zero-order valence-electron chi connectivity index (χ0n) is 12.1. The molecule has 110 valence electrons. The Morgan fingerprint density at radius 3 is 2.85 bits per heavy atom. The van der Waals surface area contributed by atoms with Gasteiger partial charge in [0.15, 0.2) is 0 Å². The summed E-state index contributed by atoms with van der Waals surface area (Å²) in [5.74, 6) is 1.29. The summed E-state index contributed by atoms with van der Waals surface area (Å²) in [6.45, 7) is 4.29. The normalized spacial score (nSPS) is 26.5. The van der Waals surface area contributed by atoms with Crippen molar-refractivity contribution in [2.75, 3.05) is 13.6 Å². The largest absolute Gasteiger partial charge is 0.328 e. The van der Waals surface area contributed by atoms with E-state index in [4.69, 9.17) is 5.73 Å². The molecule has 3 N–H and O–H groups in total. The number of allylic oxidation sites excluding steroid dienone is 2. The van der Waals surface area contributed by atoms with Crippen molar-refractivity contribution in [3.63, 3.8) is 0 Å². The number of aliphatic imine (C=N–C) groups is 1. The van der Waals surface area contributed by atoms with Crippen LogP contribution in [0.4, 0.5) is 4.79 Å². The summed E-state index contributed by atoms with van der Waals surface area (Å²) in [5, 5.41) is 2.78. The van der Waals surface area contributed by atoms with E-state index in [0.29, 0.717) is 24.0 Å². The molecule has 2 fully saturated rings. The summed E-state index contributed by atoms with van der Waals surface area (Å²) in [5.41, 5.74) is 6.32. The highest BCUT2D eigenvalue weighted by atomic mass is 16.2. The van der Waals surface area contributed by atoms with Gasteiger partial charge in [-0.1, -0.05) is 31.9 Å². The molecule has 1 atom stereocenters. The summed E-state index contributed by atoms with van der Waals surface area (Å²) in [6, 6.07) is -0.379. The Morgan fingerprint density at radius 1 is 1.50 bits per heavy atom. The lowest BCUT2D eigenvalue weighted by atomic mass is 9.89. The van der Waals surface area contributed by atoms with Gasteiger partial charge in [-0.3, -0.25) is 4.90 Å². The van der Waals surface area contributed by atoms with E-state index < -0.39 is 0 Å². The van der Waals surface area contributed by atoms with Crippen LogP contribution in [0.2, 0.25) is 0 Å². The van der Waals surface area contributed by atoms with E-state index in [2.05, 4.69) is 23.0 Å². The first-order valence-electron chi connectivity index (χ1n) is 7.32. The van der Waals surface area contributed by atoms with Crippen LogP contribution in [0.15, 0.2) is 29.4 Å². The topological polar surface area (TPSA) is 70.7 Å². The molecule has 0 radical (unpaired) electrons. The van der Waals surface area contributed by atoms with Crippen LogP contribution in [0.5, 0.6) is 0 Å². The second kappa shape index (κ2) is 6.70. The third-order valence-corrected chi connectivity index (χ3v) is 3.96. The highest BCUT2D eigenvalue weighted by molar-refractivity contribution is 6.07. The van der Waals surface area contributed by atoms with Crippen LogP contribution >= 0.6 is 0 Å². The number of urea groups is 1. The molecule has 1 heterocycles. The lowest BCUT2D eigenvalue weighted by Crippen LogP contribution is -2.36. The van der Waals surface area contributed by atoms with Crippen molar-refractivity contribution in [1.29, 1.82) is 0 Å². The number of nitrogens with two attached hydrogens (primary N) is 1. The summed E-state index contributed by atoms with van der Waals surface area (Å²) >= 11 is 0. The Bertz CT molecular complexity index is 435. The first-order valence-corrected chi connectivity index (χ1v) is 7.32. The zero-order valence-corrected chi connectivity index (χ0v) is 12.1. The van der Waals surface area contributed by atoms with Gasteiger partial charge in [0.05, 0.1) is 5.70 Å². The van der Waals surface area contributed by atoms with Gasteiger partial charge in [-0.2, -0.15) is 0 Å². The van der Waals surface area contributed by atoms with E-state index in [0.717, 1.165) is 0 Å². The minimum Gasteiger partial charge on any atom is -0.328 e. The van der Waals surface area contributed by atoms with E-state index in [1.165, 1.54) is 37.0 Å². The second-order valence-corrected chi connectivity index (χ2v) is 5.52. The predicted octanol–water partition coefficient (Wildman–Crippen LogP) is 2.02. The quantitative estimate of drug-likeness (QED) is 0.771. The van der Waals surface area contributed by atoms with E-state index in [1.54, 1.807) is 7.05 Å². The average molecular weight is 276 g/mol. The molecule has 0 aromatic carbocycles. The molecule has 2 rings (SSSR count). The van der Waals surface area contributed by atoms with Gasteiger partial charge in [-0.15, -0.1) is 0 Å². The summed E-state index contributed by atoms with van der Waals surface area (Å²) in [4.78, 5) is 17.5. The van der Waals surface area contributed by atoms with Gasteiger partial charge in [0, 0.05) is 13.6 Å². The van der Waals surface area contributed by atoms with Gasteiger partial charge in [-0.05, 0) is 24.8 Å². The summed E-state index contributed by atoms with van der Waals surface area (Å²) in [6.07, 6.45) is 10.7. The standard InChI is InChI=1S/C15H24N4O/c1-11(8-9-12-6-4-3-5-7-12)17-14-13(10-16)18-15(20)19(14)2/h8-9,12-13H,1,3-7,10,16H2,2H3,(H,18,20)/b9-8+,17-14?. The number of amidine groups is 1. The minimum atomic E-state index is -0.215. The Balaban J connectivity index is 1.99. The predicted molar refractivity (Wildman–Crippen MR) is 81.4 cm³/mol. The summed E-state index contributed by atoms with van der Waals surface area (Å²) in [7, 11) is 1.70. The maximum Gasteiger partial charge on any atom is 0.323 e. The van der Waals surface area contributed by atoms with Crippen LogP contribution < -0.4 is 11.1 Å². The van der Waals surface area contributed by atoms with Crippen LogP contribution in [0.1, 0.15) is 32.1 Å². The molecule has 1 saturated carbocycles. The van der Waals surface area contributed by atoms with Crippen LogP contribution in [0.3, 0.4) is 0 Å². The van der Waals surface area contributed by atoms with Crippen LogP contribution in [-0.4, -0.2) is 36.4 Å². The highest BCUT2D eigenvalue weighted by Crippen LogP contribution is 2.25. The molecule has 0 bridgehead atoms. The monoisotopic (exact) mass is 276 g/mol. The Labute approximate surface area is 120 Å². The first kappa shape index (κ1) is 14.8. The lowest BCUT2D eigenvalue weighted by molar-refractivity contribution is 0.232. The second-order valence-electron chi connectivity index (χ2n) is 5.52. The van der Waals surface area contributed by atoms with E-state index >= 15 is 0 Å². The number of rotatable bonds is 4. The van der Waals surface area contributed by atoms with Crippen molar-refractivity contribution < 1.29 is 4.79 Å². The number of hydrogen-bond donors (Lipinski definition) is 2. The fourth-order valence-corrected chi connectivity index (χ4v) is 2.72. The number of carbonyl (C=O) groups is 1. The number of hydrogen-bond acceptors (Lipinski definition) is 3. The molecule has 0 aromatic heterocycles. The molecule has 0 spiro atoms. The molecule has 20 heavy (non-hydrogen) atoms. The molecule has 1 unspecified atom stereocenters. The van der Waals surface area contributed by atoms with Crippen LogP contribution in [0.25, 0.3) is 0 Å². The SMILES string of the molecule is C=C(/C=C/C1CCCCC1)N=C1C(CN)NC(=O)N1C. The maximum absolute atomic E-state index is 11.6. The third-order valence-electron chi connectivity index (χ3n) is 3.96. The average Bonchev–Trinajstić information content (AvgIpc) is 2.74. The lowest BCUT2D eigenvalue weighted by Gasteiger charge is -2.17. The number of likely N-dealkylation sites (N-methyl/N-ethyl adjacent to an activating group) is 1. The Hall–Kier alpha value is -1.62. The minimum absolute atomic E-state index is 0.164. The van der Waals surface area contributed by atoms with Crippen LogP contribution in [-0.2, 0) is 0 Å². The van der Waals surface area contributed by atoms with Gasteiger partial charge < -0.3 is 11.1 Å². The van der Waals surface area contributed by atoms with E-state index in [-0.39, 0.29) is 12.1 Å². The number of amides is 2. The van der Waals surface area contributed by atoms with Crippen molar-refractivity contribution in [3.05, 3.63) is 24.4 Å². The van der Waals surface area contributed by atoms with Crippen molar-refractivity contribution in [1.82, 2.24) is 10.2 Å². The smallest absolute Gasteiger partial charge is 0.323 e. The molecule has 1 aliphatic carbocycles. The van der Waals surface area contributed by atoms with Crippen molar-refractivity contribution >= 4 is 11.9 Å². The molecule has 2 aliphatic rings. The van der Waals surface area contributed by atoms with Gasteiger partial charge >= 0.3 is 6.03 Å². The molecule has 2 amide bonds. The van der Waals surface area contributed by atoms with Crippen LogP contribution in [0, 0.1) is 5.92 Å². The number of nitrogens with one attached hydrogen (secondary N) is 1. The zero-order chi connectivity index (χ0) is 14.5. The third kappa shape index (κ3) is 3.48. The van der Waals surface area contributed by atoms with E-state index in [9.17, 15) is 4.79 Å². The molecular formula is C15H24N4O. The molecule has 5 heteroatoms. The summed E-state index contributed by atoms with van der Waals surface area (Å²) < 4.78 is 0. The molecule has 0 aromatic rings. The fraction of sp³-hybridized carbons (Fsp3) is 0.600. The van der Waals surface area contributed by atoms with E-state index in [1.807, 2.05) is 6.08 Å². The fourth-order valence-electron chi connectivity index (χ4n) is 2.72. The highest BCUT2D eigenvalue weighted by Gasteiger charge is 2.32. The van der Waals surface area contributed by atoms with Gasteiger partial charge in [0.25, 0.3) is 0 Å². The van der Waals surface area contributed by atoms with Gasteiger partial charge in [0.2, 0.25) is 0 Å². The number of nitrogens with zero attached hydrogens (tertiary/aromatic N) is 2. The maximum atomic E-state index is 11.6. The Kier molecular flexibility index (Phi) is 4.95. The number of carbonyl (C=O) groups excluding carboxylic acids is 1. The van der Waals surface area contributed by atoms with Crippen molar-refractivity contribution in [2.45, 2.75) is 38.1 Å². The molecule has 5 nitrogen and oxygen atoms in total. The van der Waals surface area contributed by atoms with Crippen molar-refractivity contribution in [3.8, 4) is 0 Å².